The number of H-pyrrole nitrogens is 1. The van der Waals surface area contributed by atoms with Crippen molar-refractivity contribution in [1.82, 2.24) is 15.2 Å². The second-order valence-electron chi connectivity index (χ2n) is 11.4. The van der Waals surface area contributed by atoms with Crippen LogP contribution >= 0.6 is 0 Å². The average Bonchev–Trinajstić information content (AvgIpc) is 3.28. The van der Waals surface area contributed by atoms with Crippen LogP contribution in [-0.4, -0.2) is 61.5 Å². The SMILES string of the molecule is Cc1cc2c(cc1N1CCN(CC3CCNCC3)CC1)C(C)(C)c1[nH]c3cc(C#N)ccc3c1C2=O. The van der Waals surface area contributed by atoms with Crippen molar-refractivity contribution >= 4 is 22.4 Å². The van der Waals surface area contributed by atoms with Gasteiger partial charge in [-0.3, -0.25) is 9.69 Å². The molecule has 0 saturated carbocycles. The first-order chi connectivity index (χ1) is 17.4. The monoisotopic (exact) mass is 481 g/mol. The molecule has 0 radical (unpaired) electrons. The predicted molar refractivity (Wildman–Crippen MR) is 144 cm³/mol. The van der Waals surface area contributed by atoms with Crippen molar-refractivity contribution < 1.29 is 4.79 Å². The van der Waals surface area contributed by atoms with Gasteiger partial charge in [-0.2, -0.15) is 5.26 Å². The lowest BCUT2D eigenvalue weighted by Crippen LogP contribution is -2.49. The minimum atomic E-state index is -0.344. The van der Waals surface area contributed by atoms with Gasteiger partial charge >= 0.3 is 0 Å². The molecule has 0 atom stereocenters. The minimum absolute atomic E-state index is 0.0803. The Kier molecular flexibility index (Phi) is 5.66. The first-order valence-electron chi connectivity index (χ1n) is 13.3. The summed E-state index contributed by atoms with van der Waals surface area (Å²) in [6.07, 6.45) is 2.58. The molecule has 2 fully saturated rings. The van der Waals surface area contributed by atoms with Crippen molar-refractivity contribution in [2.75, 3.05) is 50.7 Å². The van der Waals surface area contributed by atoms with Gasteiger partial charge in [0.25, 0.3) is 0 Å². The largest absolute Gasteiger partial charge is 0.369 e. The molecule has 6 heteroatoms. The number of nitrogens with zero attached hydrogens (tertiary/aromatic N) is 3. The zero-order valence-corrected chi connectivity index (χ0v) is 21.6. The molecule has 36 heavy (non-hydrogen) atoms. The number of piperidine rings is 1. The van der Waals surface area contributed by atoms with Crippen LogP contribution < -0.4 is 10.2 Å². The molecule has 2 aromatic carbocycles. The highest BCUT2D eigenvalue weighted by Gasteiger charge is 2.40. The summed E-state index contributed by atoms with van der Waals surface area (Å²) in [4.78, 5) is 22.4. The summed E-state index contributed by atoms with van der Waals surface area (Å²) in [5.41, 5.74) is 7.13. The van der Waals surface area contributed by atoms with Gasteiger partial charge in [-0.1, -0.05) is 19.9 Å². The summed E-state index contributed by atoms with van der Waals surface area (Å²) in [5.74, 6) is 0.904. The van der Waals surface area contributed by atoms with Crippen molar-refractivity contribution in [2.24, 2.45) is 5.92 Å². The molecule has 0 amide bonds. The number of aryl methyl sites for hydroxylation is 1. The van der Waals surface area contributed by atoms with E-state index in [1.54, 1.807) is 6.07 Å². The zero-order chi connectivity index (χ0) is 25.0. The van der Waals surface area contributed by atoms with Gasteiger partial charge in [0.1, 0.15) is 0 Å². The highest BCUT2D eigenvalue weighted by molar-refractivity contribution is 6.20. The molecule has 2 saturated heterocycles. The van der Waals surface area contributed by atoms with Gasteiger partial charge in [0.05, 0.1) is 17.2 Å². The van der Waals surface area contributed by atoms with Gasteiger partial charge in [-0.25, -0.2) is 0 Å². The van der Waals surface area contributed by atoms with Crippen LogP contribution in [0.3, 0.4) is 0 Å². The molecule has 2 N–H and O–H groups in total. The lowest BCUT2D eigenvalue weighted by molar-refractivity contribution is 0.103. The number of carbonyl (C=O) groups is 1. The number of fused-ring (bicyclic) bond motifs is 4. The van der Waals surface area contributed by atoms with E-state index in [0.29, 0.717) is 5.56 Å². The second kappa shape index (κ2) is 8.76. The quantitative estimate of drug-likeness (QED) is 0.582. The lowest BCUT2D eigenvalue weighted by Gasteiger charge is -2.40. The fourth-order valence-corrected chi connectivity index (χ4v) is 6.58. The number of rotatable bonds is 3. The number of ketones is 1. The van der Waals surface area contributed by atoms with Gasteiger partial charge in [-0.15, -0.1) is 0 Å². The molecule has 6 nitrogen and oxygen atoms in total. The van der Waals surface area contributed by atoms with E-state index in [9.17, 15) is 10.1 Å². The highest BCUT2D eigenvalue weighted by atomic mass is 16.1. The number of benzene rings is 2. The number of carbonyl (C=O) groups excluding carboxylic acids is 1. The van der Waals surface area contributed by atoms with Crippen LogP contribution in [0.2, 0.25) is 0 Å². The molecule has 3 heterocycles. The standard InChI is InChI=1S/C30H35N5O/c1-19-14-23-24(16-26(19)35-12-10-34(11-13-35)18-20-6-8-32-9-7-20)30(2,3)29-27(28(23)36)22-5-4-21(17-31)15-25(22)33-29/h4-5,14-16,20,32-33H,6-13,18H2,1-3H3. The van der Waals surface area contributed by atoms with Crippen molar-refractivity contribution in [1.29, 1.82) is 5.26 Å². The van der Waals surface area contributed by atoms with Gasteiger partial charge in [0.15, 0.2) is 5.78 Å². The van der Waals surface area contributed by atoms with Gasteiger partial charge < -0.3 is 15.2 Å². The van der Waals surface area contributed by atoms with Gasteiger partial charge in [0, 0.05) is 66.0 Å². The minimum Gasteiger partial charge on any atom is -0.369 e. The van der Waals surface area contributed by atoms with Crippen molar-refractivity contribution in [2.45, 2.75) is 39.0 Å². The van der Waals surface area contributed by atoms with E-state index in [0.717, 1.165) is 78.5 Å². The second-order valence-corrected chi connectivity index (χ2v) is 11.4. The molecular formula is C30H35N5O. The number of nitrogens with one attached hydrogen (secondary N) is 2. The Morgan fingerprint density at radius 1 is 1.08 bits per heavy atom. The molecular weight excluding hydrogens is 446 g/mol. The number of piperazine rings is 1. The third-order valence-corrected chi connectivity index (χ3v) is 8.72. The Bertz CT molecular complexity index is 1380. The smallest absolute Gasteiger partial charge is 0.195 e. The molecule has 1 aromatic heterocycles. The zero-order valence-electron chi connectivity index (χ0n) is 21.6. The third-order valence-electron chi connectivity index (χ3n) is 8.72. The summed E-state index contributed by atoms with van der Waals surface area (Å²) in [5, 5.41) is 13.7. The first kappa shape index (κ1) is 23.3. The maximum atomic E-state index is 13.8. The molecule has 0 spiro atoms. The van der Waals surface area contributed by atoms with E-state index in [1.807, 2.05) is 12.1 Å². The maximum absolute atomic E-state index is 13.8. The summed E-state index contributed by atoms with van der Waals surface area (Å²) in [6, 6.07) is 12.2. The summed E-state index contributed by atoms with van der Waals surface area (Å²) in [6.45, 7) is 14.3. The lowest BCUT2D eigenvalue weighted by atomic mass is 9.70. The van der Waals surface area contributed by atoms with E-state index in [1.165, 1.54) is 30.6 Å². The number of hydrogen-bond donors (Lipinski definition) is 2. The normalized spacial score (nSPS) is 20.3. The number of aromatic amines is 1. The first-order valence-corrected chi connectivity index (χ1v) is 13.3. The van der Waals surface area contributed by atoms with E-state index in [2.05, 4.69) is 59.1 Å². The number of anilines is 1. The molecule has 6 rings (SSSR count). The molecule has 0 bridgehead atoms. The Morgan fingerprint density at radius 2 is 1.83 bits per heavy atom. The van der Waals surface area contributed by atoms with Crippen molar-refractivity contribution in [3.05, 3.63) is 63.8 Å². The van der Waals surface area contributed by atoms with E-state index in [-0.39, 0.29) is 11.2 Å². The van der Waals surface area contributed by atoms with Crippen LogP contribution in [0.1, 0.15) is 65.0 Å². The number of nitriles is 1. The van der Waals surface area contributed by atoms with Crippen LogP contribution in [0, 0.1) is 24.2 Å². The Hall–Kier alpha value is -3.14. The maximum Gasteiger partial charge on any atom is 0.195 e. The van der Waals surface area contributed by atoms with E-state index < -0.39 is 0 Å². The van der Waals surface area contributed by atoms with E-state index in [4.69, 9.17) is 0 Å². The highest BCUT2D eigenvalue weighted by Crippen LogP contribution is 2.45. The van der Waals surface area contributed by atoms with Gasteiger partial charge in [0.2, 0.25) is 0 Å². The fourth-order valence-electron chi connectivity index (χ4n) is 6.58. The predicted octanol–water partition coefficient (Wildman–Crippen LogP) is 4.34. The Morgan fingerprint density at radius 3 is 2.56 bits per heavy atom. The summed E-state index contributed by atoms with van der Waals surface area (Å²) >= 11 is 0. The van der Waals surface area contributed by atoms with Crippen molar-refractivity contribution in [3.63, 3.8) is 0 Å². The topological polar surface area (TPSA) is 75.2 Å². The average molecular weight is 482 g/mol. The van der Waals surface area contributed by atoms with E-state index >= 15 is 0 Å². The van der Waals surface area contributed by atoms with Crippen molar-refractivity contribution in [3.8, 4) is 6.07 Å². The summed E-state index contributed by atoms with van der Waals surface area (Å²) in [7, 11) is 0. The Labute approximate surface area is 213 Å². The molecule has 3 aromatic rings. The summed E-state index contributed by atoms with van der Waals surface area (Å²) < 4.78 is 0. The molecule has 186 valence electrons. The molecule has 0 unspecified atom stereocenters. The third kappa shape index (κ3) is 3.73. The van der Waals surface area contributed by atoms with Crippen LogP contribution in [0.4, 0.5) is 5.69 Å². The molecule has 3 aliphatic rings. The van der Waals surface area contributed by atoms with Crippen LogP contribution in [0.5, 0.6) is 0 Å². The molecule has 2 aliphatic heterocycles. The van der Waals surface area contributed by atoms with Gasteiger partial charge in [-0.05, 0) is 74.2 Å². The number of hydrogen-bond acceptors (Lipinski definition) is 5. The Balaban J connectivity index is 1.30. The van der Waals surface area contributed by atoms with Crippen LogP contribution in [0.15, 0.2) is 30.3 Å². The molecule has 1 aliphatic carbocycles. The number of aromatic nitrogens is 1. The van der Waals surface area contributed by atoms with Crippen LogP contribution in [-0.2, 0) is 5.41 Å². The fraction of sp³-hybridized carbons (Fsp3) is 0.467. The van der Waals surface area contributed by atoms with Crippen LogP contribution in [0.25, 0.3) is 10.9 Å².